The molecular weight excluding hydrogens is 454 g/mol. The normalized spacial score (nSPS) is 11.1. The summed E-state index contributed by atoms with van der Waals surface area (Å²) < 4.78 is 2.12. The lowest BCUT2D eigenvalue weighted by Gasteiger charge is -2.17. The van der Waals surface area contributed by atoms with E-state index in [1.807, 2.05) is 56.4 Å². The van der Waals surface area contributed by atoms with Gasteiger partial charge in [-0.25, -0.2) is 0 Å². The van der Waals surface area contributed by atoms with E-state index in [1.54, 1.807) is 18.0 Å². The molecular formula is C28H31N5OS. The summed E-state index contributed by atoms with van der Waals surface area (Å²) >= 11 is 1.62. The molecule has 0 unspecified atom stereocenters. The fourth-order valence-corrected chi connectivity index (χ4v) is 4.94. The van der Waals surface area contributed by atoms with E-state index in [2.05, 4.69) is 57.1 Å². The van der Waals surface area contributed by atoms with Crippen LogP contribution in [0.15, 0.2) is 72.1 Å². The van der Waals surface area contributed by atoms with E-state index in [4.69, 9.17) is 0 Å². The highest BCUT2D eigenvalue weighted by Gasteiger charge is 2.19. The second-order valence-electron chi connectivity index (χ2n) is 8.86. The number of thioether (sulfide) groups is 1. The van der Waals surface area contributed by atoms with E-state index in [0.29, 0.717) is 12.3 Å². The zero-order chi connectivity index (χ0) is 24.8. The first-order chi connectivity index (χ1) is 17.0. The van der Waals surface area contributed by atoms with Gasteiger partial charge in [-0.05, 0) is 61.1 Å². The summed E-state index contributed by atoms with van der Waals surface area (Å²) in [6.07, 6.45) is 4.76. The number of benzene rings is 2. The summed E-state index contributed by atoms with van der Waals surface area (Å²) in [5, 5.41) is 12.9. The monoisotopic (exact) mass is 485 g/mol. The number of pyridine rings is 1. The highest BCUT2D eigenvalue weighted by atomic mass is 32.2. The number of hydrogen-bond acceptors (Lipinski definition) is 5. The van der Waals surface area contributed by atoms with Crippen LogP contribution in [0.1, 0.15) is 49.3 Å². The van der Waals surface area contributed by atoms with Crippen LogP contribution in [0.3, 0.4) is 0 Å². The van der Waals surface area contributed by atoms with E-state index in [-0.39, 0.29) is 5.91 Å². The third-order valence-electron chi connectivity index (χ3n) is 5.88. The number of aryl methyl sites for hydroxylation is 2. The molecule has 6 nitrogen and oxygen atoms in total. The van der Waals surface area contributed by atoms with Crippen LogP contribution < -0.4 is 5.32 Å². The summed E-state index contributed by atoms with van der Waals surface area (Å²) in [7, 11) is 0. The summed E-state index contributed by atoms with van der Waals surface area (Å²) in [5.74, 6) is 1.91. The summed E-state index contributed by atoms with van der Waals surface area (Å²) in [5.41, 5.74) is 6.28. The molecule has 0 aliphatic rings. The van der Waals surface area contributed by atoms with E-state index < -0.39 is 0 Å². The average molecular weight is 486 g/mol. The van der Waals surface area contributed by atoms with Crippen molar-refractivity contribution in [2.75, 3.05) is 11.1 Å². The summed E-state index contributed by atoms with van der Waals surface area (Å²) in [4.78, 5) is 16.8. The number of anilines is 1. The molecule has 1 N–H and O–H groups in total. The van der Waals surface area contributed by atoms with Crippen LogP contribution >= 0.6 is 11.8 Å². The molecule has 1 amide bonds. The van der Waals surface area contributed by atoms with Crippen LogP contribution in [-0.2, 0) is 4.79 Å². The van der Waals surface area contributed by atoms with Gasteiger partial charge in [0.05, 0.1) is 5.69 Å². The Morgan fingerprint density at radius 1 is 1.00 bits per heavy atom. The number of nitrogens with zero attached hydrogens (tertiary/aromatic N) is 4. The number of amides is 1. The highest BCUT2D eigenvalue weighted by Crippen LogP contribution is 2.32. The smallest absolute Gasteiger partial charge is 0.224 e. The van der Waals surface area contributed by atoms with E-state index in [1.165, 1.54) is 5.56 Å². The zero-order valence-electron chi connectivity index (χ0n) is 20.7. The lowest BCUT2D eigenvalue weighted by atomic mass is 10.0. The minimum absolute atomic E-state index is 0.0330. The maximum absolute atomic E-state index is 12.6. The van der Waals surface area contributed by atoms with Gasteiger partial charge in [0, 0.05) is 35.8 Å². The Kier molecular flexibility index (Phi) is 7.98. The molecule has 2 aromatic carbocycles. The van der Waals surface area contributed by atoms with Crippen LogP contribution in [0, 0.1) is 13.8 Å². The lowest BCUT2D eigenvalue weighted by molar-refractivity contribution is -0.116. The van der Waals surface area contributed by atoms with Crippen molar-refractivity contribution in [3.63, 3.8) is 0 Å². The minimum Gasteiger partial charge on any atom is -0.326 e. The van der Waals surface area contributed by atoms with Crippen molar-refractivity contribution in [3.8, 4) is 17.1 Å². The second kappa shape index (κ2) is 11.3. The van der Waals surface area contributed by atoms with Crippen LogP contribution in [0.4, 0.5) is 5.69 Å². The van der Waals surface area contributed by atoms with Gasteiger partial charge in [0.1, 0.15) is 0 Å². The molecule has 0 atom stereocenters. The maximum Gasteiger partial charge on any atom is 0.224 e. The highest BCUT2D eigenvalue weighted by molar-refractivity contribution is 7.99. The lowest BCUT2D eigenvalue weighted by Crippen LogP contribution is -2.13. The molecule has 0 spiro atoms. The quantitative estimate of drug-likeness (QED) is 0.214. The van der Waals surface area contributed by atoms with Crippen molar-refractivity contribution in [3.05, 3.63) is 83.7 Å². The Hall–Kier alpha value is -3.45. The van der Waals surface area contributed by atoms with Gasteiger partial charge in [-0.2, -0.15) is 0 Å². The molecule has 7 heteroatoms. The van der Waals surface area contributed by atoms with Crippen molar-refractivity contribution < 1.29 is 4.79 Å². The SMILES string of the molecule is Cc1cccc(C)c1NC(=O)CCCSc1nnc(-c2cccnc2)n1-c1ccccc1C(C)C. The van der Waals surface area contributed by atoms with Gasteiger partial charge in [0.25, 0.3) is 0 Å². The van der Waals surface area contributed by atoms with Crippen molar-refractivity contribution in [1.29, 1.82) is 0 Å². The molecule has 180 valence electrons. The van der Waals surface area contributed by atoms with Crippen molar-refractivity contribution in [2.24, 2.45) is 0 Å². The number of para-hydroxylation sites is 2. The Morgan fingerprint density at radius 2 is 1.77 bits per heavy atom. The molecule has 0 aliphatic carbocycles. The van der Waals surface area contributed by atoms with Gasteiger partial charge < -0.3 is 5.32 Å². The van der Waals surface area contributed by atoms with Gasteiger partial charge in [-0.15, -0.1) is 10.2 Å². The number of aromatic nitrogens is 4. The maximum atomic E-state index is 12.6. The zero-order valence-corrected chi connectivity index (χ0v) is 21.5. The first-order valence-electron chi connectivity index (χ1n) is 11.9. The Labute approximate surface area is 211 Å². The van der Waals surface area contributed by atoms with Crippen molar-refractivity contribution in [1.82, 2.24) is 19.7 Å². The molecule has 35 heavy (non-hydrogen) atoms. The largest absolute Gasteiger partial charge is 0.326 e. The molecule has 4 rings (SSSR count). The predicted octanol–water partition coefficient (Wildman–Crippen LogP) is 6.58. The van der Waals surface area contributed by atoms with Crippen LogP contribution in [-0.4, -0.2) is 31.4 Å². The second-order valence-corrected chi connectivity index (χ2v) is 9.93. The fraction of sp³-hybridized carbons (Fsp3) is 0.286. The number of nitrogens with one attached hydrogen (secondary N) is 1. The number of carbonyl (C=O) groups is 1. The molecule has 0 saturated heterocycles. The van der Waals surface area contributed by atoms with Gasteiger partial charge in [0.2, 0.25) is 5.91 Å². The molecule has 0 fully saturated rings. The number of hydrogen-bond donors (Lipinski definition) is 1. The van der Waals surface area contributed by atoms with Gasteiger partial charge in [-0.1, -0.05) is 62.0 Å². The molecule has 0 radical (unpaired) electrons. The Bertz CT molecular complexity index is 1280. The molecule has 0 aliphatic heterocycles. The first-order valence-corrected chi connectivity index (χ1v) is 12.9. The number of carbonyl (C=O) groups excluding carboxylic acids is 1. The first kappa shape index (κ1) is 24.7. The van der Waals surface area contributed by atoms with Gasteiger partial charge in [-0.3, -0.25) is 14.3 Å². The van der Waals surface area contributed by atoms with E-state index in [0.717, 1.165) is 51.2 Å². The fourth-order valence-electron chi connectivity index (χ4n) is 4.05. The third kappa shape index (κ3) is 5.80. The topological polar surface area (TPSA) is 72.7 Å². The van der Waals surface area contributed by atoms with Crippen molar-refractivity contribution >= 4 is 23.4 Å². The number of rotatable bonds is 9. The van der Waals surface area contributed by atoms with E-state index >= 15 is 0 Å². The van der Waals surface area contributed by atoms with Gasteiger partial charge in [0.15, 0.2) is 11.0 Å². The Balaban J connectivity index is 1.51. The van der Waals surface area contributed by atoms with Gasteiger partial charge >= 0.3 is 0 Å². The molecule has 4 aromatic rings. The van der Waals surface area contributed by atoms with Crippen molar-refractivity contribution in [2.45, 2.75) is 51.6 Å². The molecule has 0 bridgehead atoms. The average Bonchev–Trinajstić information content (AvgIpc) is 3.28. The Morgan fingerprint density at radius 3 is 2.49 bits per heavy atom. The predicted molar refractivity (Wildman–Crippen MR) is 143 cm³/mol. The summed E-state index contributed by atoms with van der Waals surface area (Å²) in [6.45, 7) is 8.41. The summed E-state index contributed by atoms with van der Waals surface area (Å²) in [6, 6.07) is 18.3. The van der Waals surface area contributed by atoms with Crippen LogP contribution in [0.2, 0.25) is 0 Å². The molecule has 0 saturated carbocycles. The molecule has 2 heterocycles. The van der Waals surface area contributed by atoms with Crippen LogP contribution in [0.25, 0.3) is 17.1 Å². The van der Waals surface area contributed by atoms with E-state index in [9.17, 15) is 4.79 Å². The van der Waals surface area contributed by atoms with Crippen LogP contribution in [0.5, 0.6) is 0 Å². The third-order valence-corrected chi connectivity index (χ3v) is 6.89. The molecule has 2 aromatic heterocycles. The standard InChI is InChI=1S/C28H31N5OS/c1-19(2)23-13-5-6-14-24(23)33-27(22-12-8-16-29-18-22)31-32-28(33)35-17-9-15-25(34)30-26-20(3)10-7-11-21(26)4/h5-8,10-14,16,18-19H,9,15,17H2,1-4H3,(H,30,34). The minimum atomic E-state index is 0.0330.